The first-order valence-corrected chi connectivity index (χ1v) is 6.51. The number of carbonyl (C=O) groups excluding carboxylic acids is 2. The Balaban J connectivity index is 2.14. The Kier molecular flexibility index (Phi) is 3.64. The maximum Gasteiger partial charge on any atom is 0.326 e. The molecule has 7 nitrogen and oxygen atoms in total. The summed E-state index contributed by atoms with van der Waals surface area (Å²) in [5.41, 5.74) is 0. The van der Waals surface area contributed by atoms with E-state index in [0.717, 1.165) is 0 Å². The van der Waals surface area contributed by atoms with Crippen LogP contribution in [0.3, 0.4) is 0 Å². The lowest BCUT2D eigenvalue weighted by molar-refractivity contribution is -0.142. The van der Waals surface area contributed by atoms with Gasteiger partial charge in [0, 0.05) is 19.6 Å². The smallest absolute Gasteiger partial charge is 0.326 e. The Morgan fingerprint density at radius 1 is 1.26 bits per heavy atom. The van der Waals surface area contributed by atoms with E-state index in [1.807, 2.05) is 6.92 Å². The van der Waals surface area contributed by atoms with Gasteiger partial charge in [0.05, 0.1) is 0 Å². The summed E-state index contributed by atoms with van der Waals surface area (Å²) in [5, 5.41) is 11.9. The number of rotatable bonds is 1. The van der Waals surface area contributed by atoms with Crippen LogP contribution >= 0.6 is 0 Å². The monoisotopic (exact) mass is 269 g/mol. The van der Waals surface area contributed by atoms with Gasteiger partial charge in [-0.25, -0.2) is 9.59 Å². The van der Waals surface area contributed by atoms with Gasteiger partial charge in [0.15, 0.2) is 0 Å². The molecule has 0 aliphatic carbocycles. The second kappa shape index (κ2) is 5.07. The number of carbonyl (C=O) groups is 3. The van der Waals surface area contributed by atoms with Crippen molar-refractivity contribution in [1.29, 1.82) is 0 Å². The van der Waals surface area contributed by atoms with Crippen LogP contribution in [0.1, 0.15) is 20.3 Å². The second-order valence-corrected chi connectivity index (χ2v) is 5.19. The van der Waals surface area contributed by atoms with Gasteiger partial charge in [0.2, 0.25) is 5.91 Å². The highest BCUT2D eigenvalue weighted by Crippen LogP contribution is 2.26. The fraction of sp³-hybridized carbons (Fsp3) is 0.750. The quantitative estimate of drug-likeness (QED) is 0.685. The first-order chi connectivity index (χ1) is 8.93. The van der Waals surface area contributed by atoms with Crippen molar-refractivity contribution < 1.29 is 19.5 Å². The number of amides is 3. The molecule has 2 fully saturated rings. The SMILES string of the molecule is CC1CCN(C(=O)N2CCNC(=O)C2C)C1C(=O)O. The average molecular weight is 269 g/mol. The van der Waals surface area contributed by atoms with Gasteiger partial charge in [-0.1, -0.05) is 6.92 Å². The third-order valence-electron chi connectivity index (χ3n) is 3.94. The van der Waals surface area contributed by atoms with Crippen molar-refractivity contribution in [2.75, 3.05) is 19.6 Å². The molecule has 0 aromatic rings. The fourth-order valence-corrected chi connectivity index (χ4v) is 2.75. The second-order valence-electron chi connectivity index (χ2n) is 5.19. The molecular weight excluding hydrogens is 250 g/mol. The van der Waals surface area contributed by atoms with Gasteiger partial charge >= 0.3 is 12.0 Å². The minimum atomic E-state index is -0.979. The van der Waals surface area contributed by atoms with Gasteiger partial charge in [0.25, 0.3) is 0 Å². The Hall–Kier alpha value is -1.79. The fourth-order valence-electron chi connectivity index (χ4n) is 2.75. The number of hydrogen-bond donors (Lipinski definition) is 2. The molecule has 0 bridgehead atoms. The highest BCUT2D eigenvalue weighted by atomic mass is 16.4. The lowest BCUT2D eigenvalue weighted by Gasteiger charge is -2.37. The summed E-state index contributed by atoms with van der Waals surface area (Å²) in [6.07, 6.45) is 0.678. The van der Waals surface area contributed by atoms with Crippen molar-refractivity contribution >= 4 is 17.9 Å². The molecule has 0 aromatic carbocycles. The van der Waals surface area contributed by atoms with Gasteiger partial charge < -0.3 is 20.2 Å². The van der Waals surface area contributed by atoms with Crippen LogP contribution in [0.2, 0.25) is 0 Å². The summed E-state index contributed by atoms with van der Waals surface area (Å²) in [4.78, 5) is 38.1. The molecule has 2 saturated heterocycles. The molecule has 0 aromatic heterocycles. The summed E-state index contributed by atoms with van der Waals surface area (Å²) in [6, 6.07) is -1.68. The van der Waals surface area contributed by atoms with Crippen LogP contribution in [0.25, 0.3) is 0 Å². The van der Waals surface area contributed by atoms with Crippen LogP contribution in [0.5, 0.6) is 0 Å². The molecule has 19 heavy (non-hydrogen) atoms. The average Bonchev–Trinajstić information content (AvgIpc) is 2.74. The van der Waals surface area contributed by atoms with Crippen molar-refractivity contribution in [2.24, 2.45) is 5.92 Å². The number of urea groups is 1. The van der Waals surface area contributed by atoms with E-state index in [1.54, 1.807) is 6.92 Å². The first-order valence-electron chi connectivity index (χ1n) is 6.51. The first kappa shape index (κ1) is 13.6. The third-order valence-corrected chi connectivity index (χ3v) is 3.94. The Bertz CT molecular complexity index is 412. The predicted octanol–water partition coefficient (Wildman–Crippen LogP) is -0.278. The lowest BCUT2D eigenvalue weighted by Crippen LogP contribution is -2.60. The molecule has 0 radical (unpaired) electrons. The van der Waals surface area contributed by atoms with Crippen molar-refractivity contribution in [1.82, 2.24) is 15.1 Å². The summed E-state index contributed by atoms with van der Waals surface area (Å²) >= 11 is 0. The molecule has 3 unspecified atom stereocenters. The number of piperazine rings is 1. The molecule has 0 spiro atoms. The van der Waals surface area contributed by atoms with E-state index in [4.69, 9.17) is 0 Å². The minimum absolute atomic E-state index is 0.0598. The zero-order valence-electron chi connectivity index (χ0n) is 11.1. The number of nitrogens with one attached hydrogen (secondary N) is 1. The maximum atomic E-state index is 12.4. The molecule has 2 aliphatic rings. The number of aliphatic carboxylic acids is 1. The number of likely N-dealkylation sites (tertiary alicyclic amines) is 1. The highest BCUT2D eigenvalue weighted by Gasteiger charge is 2.43. The van der Waals surface area contributed by atoms with E-state index in [9.17, 15) is 19.5 Å². The van der Waals surface area contributed by atoms with Crippen LogP contribution in [0, 0.1) is 5.92 Å². The topological polar surface area (TPSA) is 90.0 Å². The summed E-state index contributed by atoms with van der Waals surface area (Å²) in [5.74, 6) is -1.23. The number of carboxylic acids is 1. The van der Waals surface area contributed by atoms with E-state index in [-0.39, 0.29) is 17.9 Å². The van der Waals surface area contributed by atoms with Crippen molar-refractivity contribution in [3.63, 3.8) is 0 Å². The van der Waals surface area contributed by atoms with Crippen LogP contribution < -0.4 is 5.32 Å². The van der Waals surface area contributed by atoms with Crippen LogP contribution in [0.15, 0.2) is 0 Å². The van der Waals surface area contributed by atoms with Gasteiger partial charge in [0.1, 0.15) is 12.1 Å². The van der Waals surface area contributed by atoms with E-state index in [0.29, 0.717) is 26.1 Å². The highest BCUT2D eigenvalue weighted by molar-refractivity contribution is 5.90. The van der Waals surface area contributed by atoms with Crippen LogP contribution in [-0.4, -0.2) is 64.5 Å². The van der Waals surface area contributed by atoms with Crippen molar-refractivity contribution in [3.05, 3.63) is 0 Å². The van der Waals surface area contributed by atoms with E-state index in [2.05, 4.69) is 5.32 Å². The summed E-state index contributed by atoms with van der Waals surface area (Å²) in [7, 11) is 0. The van der Waals surface area contributed by atoms with Crippen molar-refractivity contribution in [2.45, 2.75) is 32.4 Å². The minimum Gasteiger partial charge on any atom is -0.480 e. The Labute approximate surface area is 111 Å². The Morgan fingerprint density at radius 3 is 2.58 bits per heavy atom. The third kappa shape index (κ3) is 2.36. The van der Waals surface area contributed by atoms with Gasteiger partial charge in [-0.2, -0.15) is 0 Å². The van der Waals surface area contributed by atoms with Crippen molar-refractivity contribution in [3.8, 4) is 0 Å². The zero-order chi connectivity index (χ0) is 14.2. The van der Waals surface area contributed by atoms with Gasteiger partial charge in [-0.15, -0.1) is 0 Å². The lowest BCUT2D eigenvalue weighted by atomic mass is 10.0. The van der Waals surface area contributed by atoms with E-state index < -0.39 is 18.1 Å². The summed E-state index contributed by atoms with van der Waals surface area (Å²) < 4.78 is 0. The Morgan fingerprint density at radius 2 is 1.95 bits per heavy atom. The molecule has 3 atom stereocenters. The van der Waals surface area contributed by atoms with E-state index >= 15 is 0 Å². The maximum absolute atomic E-state index is 12.4. The molecule has 2 heterocycles. The van der Waals surface area contributed by atoms with Gasteiger partial charge in [-0.3, -0.25) is 4.79 Å². The van der Waals surface area contributed by atoms with Crippen LogP contribution in [0.4, 0.5) is 4.79 Å². The molecule has 2 N–H and O–H groups in total. The van der Waals surface area contributed by atoms with E-state index in [1.165, 1.54) is 9.80 Å². The summed E-state index contributed by atoms with van der Waals surface area (Å²) in [6.45, 7) is 4.75. The number of nitrogens with zero attached hydrogens (tertiary/aromatic N) is 2. The normalized spacial score (nSPS) is 31.3. The molecule has 7 heteroatoms. The number of hydrogen-bond acceptors (Lipinski definition) is 3. The van der Waals surface area contributed by atoms with Crippen LogP contribution in [-0.2, 0) is 9.59 Å². The molecular formula is C12H19N3O4. The molecule has 2 aliphatic heterocycles. The molecule has 0 saturated carbocycles. The molecule has 3 amide bonds. The largest absolute Gasteiger partial charge is 0.480 e. The zero-order valence-corrected chi connectivity index (χ0v) is 11.1. The predicted molar refractivity (Wildman–Crippen MR) is 66.5 cm³/mol. The number of carboxylic acid groups (broad SMARTS) is 1. The van der Waals surface area contributed by atoms with Gasteiger partial charge in [-0.05, 0) is 19.3 Å². The molecule has 106 valence electrons. The molecule has 2 rings (SSSR count). The standard InChI is InChI=1S/C12H19N3O4/c1-7-3-5-15(9(7)11(17)18)12(19)14-6-4-13-10(16)8(14)2/h7-9H,3-6H2,1-2H3,(H,13,16)(H,17,18).